The predicted octanol–water partition coefficient (Wildman–Crippen LogP) is 4.72. The summed E-state index contributed by atoms with van der Waals surface area (Å²) in [7, 11) is -2.03. The largest absolute Gasteiger partial charge is 0.337 e. The molecule has 0 heterocycles. The van der Waals surface area contributed by atoms with E-state index in [0.29, 0.717) is 12.1 Å². The molecule has 0 fully saturated rings. The predicted molar refractivity (Wildman–Crippen MR) is 116 cm³/mol. The van der Waals surface area contributed by atoms with Crippen molar-refractivity contribution in [2.75, 3.05) is 11.8 Å². The van der Waals surface area contributed by atoms with Crippen molar-refractivity contribution in [3.63, 3.8) is 0 Å². The molecular weight excluding hydrogens is 408 g/mol. The molecule has 0 unspecified atom stereocenters. The molecule has 7 heteroatoms. The number of benzene rings is 3. The van der Waals surface area contributed by atoms with E-state index in [-0.39, 0.29) is 21.5 Å². The minimum absolute atomic E-state index is 0.147. The van der Waals surface area contributed by atoms with Gasteiger partial charge in [0.15, 0.2) is 0 Å². The molecule has 29 heavy (non-hydrogen) atoms. The Labute approximate surface area is 176 Å². The van der Waals surface area contributed by atoms with E-state index in [1.165, 1.54) is 30.3 Å². The second-order valence-corrected chi connectivity index (χ2v) is 8.85. The van der Waals surface area contributed by atoms with Gasteiger partial charge in [0.2, 0.25) is 0 Å². The van der Waals surface area contributed by atoms with Gasteiger partial charge in [-0.25, -0.2) is 8.42 Å². The summed E-state index contributed by atoms with van der Waals surface area (Å²) in [5.41, 5.74) is 2.74. The van der Waals surface area contributed by atoms with Crippen LogP contribution in [-0.4, -0.2) is 26.3 Å². The Balaban J connectivity index is 1.76. The highest BCUT2D eigenvalue weighted by Crippen LogP contribution is 2.24. The van der Waals surface area contributed by atoms with Crippen LogP contribution in [-0.2, 0) is 16.6 Å². The zero-order chi connectivity index (χ0) is 21.0. The fourth-order valence-electron chi connectivity index (χ4n) is 2.93. The van der Waals surface area contributed by atoms with Gasteiger partial charge in [0.25, 0.3) is 15.9 Å². The molecule has 0 saturated carbocycles. The normalized spacial score (nSPS) is 11.1. The second kappa shape index (κ2) is 8.68. The van der Waals surface area contributed by atoms with Crippen LogP contribution in [0.4, 0.5) is 5.69 Å². The number of aryl methyl sites for hydroxylation is 1. The summed E-state index contributed by atoms with van der Waals surface area (Å²) >= 11 is 6.29. The third kappa shape index (κ3) is 5.16. The summed E-state index contributed by atoms with van der Waals surface area (Å²) in [6.07, 6.45) is 0. The molecule has 3 rings (SSSR count). The van der Waals surface area contributed by atoms with Gasteiger partial charge in [0, 0.05) is 13.6 Å². The number of amides is 1. The van der Waals surface area contributed by atoms with Gasteiger partial charge < -0.3 is 4.90 Å². The first kappa shape index (κ1) is 20.9. The lowest BCUT2D eigenvalue weighted by atomic mass is 10.1. The fourth-order valence-corrected chi connectivity index (χ4v) is 4.26. The standard InChI is InChI=1S/C22H21ClN2O3S/c1-16-7-6-8-17(13-16)15-25(2)22(26)20-12-11-18(14-21(20)23)24-29(27,28)19-9-4-3-5-10-19/h3-14,24H,15H2,1-2H3. The maximum Gasteiger partial charge on any atom is 0.261 e. The molecule has 0 aliphatic carbocycles. The fraction of sp³-hybridized carbons (Fsp3) is 0.136. The van der Waals surface area contributed by atoms with Crippen molar-refractivity contribution >= 4 is 33.2 Å². The van der Waals surface area contributed by atoms with Gasteiger partial charge in [-0.2, -0.15) is 0 Å². The van der Waals surface area contributed by atoms with Crippen molar-refractivity contribution in [1.29, 1.82) is 0 Å². The highest BCUT2D eigenvalue weighted by Gasteiger charge is 2.18. The molecule has 0 radical (unpaired) electrons. The van der Waals surface area contributed by atoms with Crippen LogP contribution >= 0.6 is 11.6 Å². The topological polar surface area (TPSA) is 66.5 Å². The Morgan fingerprint density at radius 1 is 1.00 bits per heavy atom. The van der Waals surface area contributed by atoms with Crippen LogP contribution in [0.15, 0.2) is 77.7 Å². The number of carbonyl (C=O) groups excluding carboxylic acids is 1. The highest BCUT2D eigenvalue weighted by atomic mass is 35.5. The van der Waals surface area contributed by atoms with E-state index in [4.69, 9.17) is 11.6 Å². The molecule has 0 aliphatic rings. The first-order valence-electron chi connectivity index (χ1n) is 8.95. The van der Waals surface area contributed by atoms with Crippen LogP contribution in [0, 0.1) is 6.92 Å². The van der Waals surface area contributed by atoms with Crippen molar-refractivity contribution < 1.29 is 13.2 Å². The van der Waals surface area contributed by atoms with Gasteiger partial charge in [0.05, 0.1) is 21.2 Å². The van der Waals surface area contributed by atoms with E-state index in [1.807, 2.05) is 31.2 Å². The number of anilines is 1. The van der Waals surface area contributed by atoms with Gasteiger partial charge in [-0.15, -0.1) is 0 Å². The number of nitrogens with zero attached hydrogens (tertiary/aromatic N) is 1. The van der Waals surface area contributed by atoms with Crippen LogP contribution in [0.25, 0.3) is 0 Å². The van der Waals surface area contributed by atoms with Crippen LogP contribution in [0.5, 0.6) is 0 Å². The third-order valence-electron chi connectivity index (χ3n) is 4.35. The van der Waals surface area contributed by atoms with Gasteiger partial charge in [0.1, 0.15) is 0 Å². The molecule has 0 atom stereocenters. The van der Waals surface area contributed by atoms with E-state index in [0.717, 1.165) is 11.1 Å². The maximum atomic E-state index is 12.8. The molecule has 3 aromatic carbocycles. The molecule has 1 amide bonds. The summed E-state index contributed by atoms with van der Waals surface area (Å²) in [4.78, 5) is 14.5. The molecular formula is C22H21ClN2O3S. The van der Waals surface area contributed by atoms with E-state index in [2.05, 4.69) is 4.72 Å². The van der Waals surface area contributed by atoms with Crippen molar-refractivity contribution in [1.82, 2.24) is 4.90 Å². The number of nitrogens with one attached hydrogen (secondary N) is 1. The molecule has 150 valence electrons. The van der Waals surface area contributed by atoms with Crippen LogP contribution < -0.4 is 4.72 Å². The Kier molecular flexibility index (Phi) is 6.25. The quantitative estimate of drug-likeness (QED) is 0.617. The Hall–Kier alpha value is -2.83. The molecule has 0 bridgehead atoms. The lowest BCUT2D eigenvalue weighted by Crippen LogP contribution is -2.26. The van der Waals surface area contributed by atoms with Crippen LogP contribution in [0.2, 0.25) is 5.02 Å². The Morgan fingerprint density at radius 2 is 1.72 bits per heavy atom. The lowest BCUT2D eigenvalue weighted by Gasteiger charge is -2.19. The summed E-state index contributed by atoms with van der Waals surface area (Å²) in [5, 5.41) is 0.180. The lowest BCUT2D eigenvalue weighted by molar-refractivity contribution is 0.0785. The molecule has 5 nitrogen and oxygen atoms in total. The van der Waals surface area contributed by atoms with Gasteiger partial charge in [-0.3, -0.25) is 9.52 Å². The summed E-state index contributed by atoms with van der Waals surface area (Å²) in [5.74, 6) is -0.242. The molecule has 3 aromatic rings. The van der Waals surface area contributed by atoms with E-state index < -0.39 is 10.0 Å². The maximum absolute atomic E-state index is 12.8. The number of carbonyl (C=O) groups is 1. The molecule has 0 saturated heterocycles. The number of sulfonamides is 1. The number of halogens is 1. The Bertz CT molecular complexity index is 1130. The zero-order valence-corrected chi connectivity index (χ0v) is 17.7. The first-order valence-corrected chi connectivity index (χ1v) is 10.8. The molecule has 0 spiro atoms. The summed E-state index contributed by atoms with van der Waals surface area (Å²) in [6.45, 7) is 2.44. The Morgan fingerprint density at radius 3 is 2.38 bits per heavy atom. The number of rotatable bonds is 6. The average molecular weight is 429 g/mol. The molecule has 1 N–H and O–H groups in total. The molecule has 0 aliphatic heterocycles. The average Bonchev–Trinajstić information content (AvgIpc) is 2.68. The third-order valence-corrected chi connectivity index (χ3v) is 6.06. The van der Waals surface area contributed by atoms with Crippen molar-refractivity contribution in [3.05, 3.63) is 94.5 Å². The van der Waals surface area contributed by atoms with Gasteiger partial charge in [-0.05, 0) is 42.8 Å². The van der Waals surface area contributed by atoms with Crippen LogP contribution in [0.1, 0.15) is 21.5 Å². The minimum atomic E-state index is -3.73. The summed E-state index contributed by atoms with van der Waals surface area (Å²) < 4.78 is 27.4. The van der Waals surface area contributed by atoms with Gasteiger partial charge in [-0.1, -0.05) is 59.6 Å². The number of hydrogen-bond acceptors (Lipinski definition) is 3. The monoisotopic (exact) mass is 428 g/mol. The van der Waals surface area contributed by atoms with E-state index in [9.17, 15) is 13.2 Å². The highest BCUT2D eigenvalue weighted by molar-refractivity contribution is 7.92. The smallest absolute Gasteiger partial charge is 0.261 e. The van der Waals surface area contributed by atoms with Gasteiger partial charge >= 0.3 is 0 Å². The number of hydrogen-bond donors (Lipinski definition) is 1. The summed E-state index contributed by atoms with van der Waals surface area (Å²) in [6, 6.07) is 20.5. The second-order valence-electron chi connectivity index (χ2n) is 6.76. The van der Waals surface area contributed by atoms with Crippen molar-refractivity contribution in [3.8, 4) is 0 Å². The zero-order valence-electron chi connectivity index (χ0n) is 16.1. The SMILES string of the molecule is Cc1cccc(CN(C)C(=O)c2ccc(NS(=O)(=O)c3ccccc3)cc2Cl)c1. The van der Waals surface area contributed by atoms with Crippen LogP contribution in [0.3, 0.4) is 0 Å². The van der Waals surface area contributed by atoms with Crippen molar-refractivity contribution in [2.24, 2.45) is 0 Å². The van der Waals surface area contributed by atoms with E-state index in [1.54, 1.807) is 30.1 Å². The first-order chi connectivity index (χ1) is 13.8. The molecule has 0 aromatic heterocycles. The van der Waals surface area contributed by atoms with Crippen molar-refractivity contribution in [2.45, 2.75) is 18.4 Å². The minimum Gasteiger partial charge on any atom is -0.337 e. The van der Waals surface area contributed by atoms with E-state index >= 15 is 0 Å².